The number of nitrogens with one attached hydrogen (secondary N) is 2. The van der Waals surface area contributed by atoms with Gasteiger partial charge in [-0.3, -0.25) is 4.99 Å². The fourth-order valence-electron chi connectivity index (χ4n) is 1.68. The number of carbonyl (C=O) groups excluding carboxylic acids is 1. The molecule has 1 rings (SSSR count). The van der Waals surface area contributed by atoms with Crippen LogP contribution in [0.2, 0.25) is 0 Å². The van der Waals surface area contributed by atoms with E-state index in [9.17, 15) is 4.79 Å². The number of amides is 2. The van der Waals surface area contributed by atoms with Crippen molar-refractivity contribution in [1.29, 1.82) is 0 Å². The number of urea groups is 1. The molecule has 1 fully saturated rings. The van der Waals surface area contributed by atoms with Crippen molar-refractivity contribution in [3.8, 4) is 0 Å². The first-order valence-electron chi connectivity index (χ1n) is 5.28. The fraction of sp³-hybridized carbons (Fsp3) is 0.778. The van der Waals surface area contributed by atoms with Gasteiger partial charge in [-0.25, -0.2) is 4.79 Å². The molecule has 0 atom stereocenters. The minimum absolute atomic E-state index is 0.419. The standard InChI is InChI=1S/C9H19N5O/c10-8(12-5-6-13-9(11)15)14-7-3-1-2-4-7/h7H,1-6H2,(H3,10,12,14)(H3,11,13,15). The minimum Gasteiger partial charge on any atom is -0.370 e. The fourth-order valence-corrected chi connectivity index (χ4v) is 1.68. The van der Waals surface area contributed by atoms with Gasteiger partial charge in [-0.15, -0.1) is 0 Å². The molecule has 0 radical (unpaired) electrons. The highest BCUT2D eigenvalue weighted by Gasteiger charge is 2.14. The molecule has 86 valence electrons. The summed E-state index contributed by atoms with van der Waals surface area (Å²) in [5, 5.41) is 5.59. The molecule has 0 aromatic carbocycles. The van der Waals surface area contributed by atoms with Crippen molar-refractivity contribution in [1.82, 2.24) is 10.6 Å². The average molecular weight is 213 g/mol. The van der Waals surface area contributed by atoms with E-state index < -0.39 is 6.03 Å². The molecule has 6 nitrogen and oxygen atoms in total. The highest BCUT2D eigenvalue weighted by Crippen LogP contribution is 2.17. The van der Waals surface area contributed by atoms with Gasteiger partial charge >= 0.3 is 6.03 Å². The first-order valence-corrected chi connectivity index (χ1v) is 5.28. The lowest BCUT2D eigenvalue weighted by Gasteiger charge is -2.12. The minimum atomic E-state index is -0.535. The number of hydrogen-bond acceptors (Lipinski definition) is 2. The average Bonchev–Trinajstić information content (AvgIpc) is 2.64. The van der Waals surface area contributed by atoms with Gasteiger partial charge in [0.15, 0.2) is 5.96 Å². The van der Waals surface area contributed by atoms with Crippen molar-refractivity contribution >= 4 is 12.0 Å². The summed E-state index contributed by atoms with van der Waals surface area (Å²) in [6.07, 6.45) is 4.84. The second kappa shape index (κ2) is 6.10. The van der Waals surface area contributed by atoms with Crippen molar-refractivity contribution < 1.29 is 4.79 Å². The van der Waals surface area contributed by atoms with Crippen LogP contribution in [-0.2, 0) is 0 Å². The third kappa shape index (κ3) is 5.09. The van der Waals surface area contributed by atoms with Gasteiger partial charge in [0.2, 0.25) is 0 Å². The molecule has 0 aromatic rings. The Hall–Kier alpha value is -1.46. The molecule has 15 heavy (non-hydrogen) atoms. The highest BCUT2D eigenvalue weighted by molar-refractivity contribution is 5.78. The van der Waals surface area contributed by atoms with E-state index >= 15 is 0 Å². The van der Waals surface area contributed by atoms with Crippen molar-refractivity contribution in [2.24, 2.45) is 16.5 Å². The number of rotatable bonds is 4. The van der Waals surface area contributed by atoms with Gasteiger partial charge in [-0.1, -0.05) is 12.8 Å². The number of nitrogens with zero attached hydrogens (tertiary/aromatic N) is 1. The molecule has 0 unspecified atom stereocenters. The Labute approximate surface area is 89.5 Å². The molecule has 6 N–H and O–H groups in total. The van der Waals surface area contributed by atoms with Crippen LogP contribution in [0.25, 0.3) is 0 Å². The van der Waals surface area contributed by atoms with Gasteiger partial charge in [-0.05, 0) is 12.8 Å². The molecule has 0 spiro atoms. The first kappa shape index (κ1) is 11.6. The number of guanidine groups is 1. The summed E-state index contributed by atoms with van der Waals surface area (Å²) >= 11 is 0. The Morgan fingerprint density at radius 1 is 1.33 bits per heavy atom. The number of hydrogen-bond donors (Lipinski definition) is 4. The van der Waals surface area contributed by atoms with Gasteiger partial charge < -0.3 is 22.1 Å². The van der Waals surface area contributed by atoms with Crippen molar-refractivity contribution in [2.75, 3.05) is 13.1 Å². The summed E-state index contributed by atoms with van der Waals surface area (Å²) in [5.74, 6) is 0.452. The van der Waals surface area contributed by atoms with E-state index in [4.69, 9.17) is 11.5 Å². The van der Waals surface area contributed by atoms with Crippen molar-refractivity contribution in [3.05, 3.63) is 0 Å². The van der Waals surface area contributed by atoms with Gasteiger partial charge in [0.25, 0.3) is 0 Å². The van der Waals surface area contributed by atoms with E-state index in [1.54, 1.807) is 0 Å². The van der Waals surface area contributed by atoms with Gasteiger partial charge in [0.1, 0.15) is 0 Å². The van der Waals surface area contributed by atoms with E-state index in [0.29, 0.717) is 25.1 Å². The van der Waals surface area contributed by atoms with Gasteiger partial charge in [0, 0.05) is 12.6 Å². The van der Waals surface area contributed by atoms with Crippen LogP contribution in [0.4, 0.5) is 4.79 Å². The predicted molar refractivity (Wildman–Crippen MR) is 59.5 cm³/mol. The maximum atomic E-state index is 10.3. The summed E-state index contributed by atoms with van der Waals surface area (Å²) < 4.78 is 0. The van der Waals surface area contributed by atoms with Gasteiger partial charge in [0.05, 0.1) is 6.54 Å². The largest absolute Gasteiger partial charge is 0.370 e. The second-order valence-corrected chi connectivity index (χ2v) is 3.68. The van der Waals surface area contributed by atoms with E-state index in [2.05, 4.69) is 15.6 Å². The van der Waals surface area contributed by atoms with Crippen LogP contribution < -0.4 is 22.1 Å². The molecular weight excluding hydrogens is 194 g/mol. The van der Waals surface area contributed by atoms with E-state index in [-0.39, 0.29) is 0 Å². The predicted octanol–water partition coefficient (Wildman–Crippen LogP) is -0.498. The van der Waals surface area contributed by atoms with Crippen LogP contribution >= 0.6 is 0 Å². The summed E-state index contributed by atoms with van der Waals surface area (Å²) in [5.41, 5.74) is 10.6. The SMILES string of the molecule is NC(=O)NCCN=C(N)NC1CCCC1. The lowest BCUT2D eigenvalue weighted by molar-refractivity contribution is 0.249. The van der Waals surface area contributed by atoms with Crippen LogP contribution in [0.5, 0.6) is 0 Å². The maximum absolute atomic E-state index is 10.3. The molecule has 0 aromatic heterocycles. The zero-order chi connectivity index (χ0) is 11.1. The number of nitrogens with two attached hydrogens (primary N) is 2. The zero-order valence-electron chi connectivity index (χ0n) is 8.83. The van der Waals surface area contributed by atoms with Crippen LogP contribution in [0.15, 0.2) is 4.99 Å². The summed E-state index contributed by atoms with van der Waals surface area (Å²) in [6.45, 7) is 0.872. The number of primary amides is 1. The lowest BCUT2D eigenvalue weighted by atomic mass is 10.2. The van der Waals surface area contributed by atoms with Gasteiger partial charge in [-0.2, -0.15) is 0 Å². The van der Waals surface area contributed by atoms with E-state index in [0.717, 1.165) is 12.8 Å². The molecule has 1 aliphatic rings. The van der Waals surface area contributed by atoms with Crippen LogP contribution in [-0.4, -0.2) is 31.1 Å². The maximum Gasteiger partial charge on any atom is 0.312 e. The van der Waals surface area contributed by atoms with Crippen molar-refractivity contribution in [2.45, 2.75) is 31.7 Å². The molecule has 0 aliphatic heterocycles. The third-order valence-electron chi connectivity index (χ3n) is 2.40. The van der Waals surface area contributed by atoms with Crippen molar-refractivity contribution in [3.63, 3.8) is 0 Å². The number of carbonyl (C=O) groups is 1. The molecular formula is C9H19N5O. The molecule has 1 saturated carbocycles. The molecule has 6 heteroatoms. The highest BCUT2D eigenvalue weighted by atomic mass is 16.2. The van der Waals surface area contributed by atoms with E-state index in [1.807, 2.05) is 0 Å². The monoisotopic (exact) mass is 213 g/mol. The topological polar surface area (TPSA) is 106 Å². The normalized spacial score (nSPS) is 17.7. The Morgan fingerprint density at radius 3 is 2.60 bits per heavy atom. The summed E-state index contributed by atoms with van der Waals surface area (Å²) in [6, 6.07) is -0.0645. The second-order valence-electron chi connectivity index (χ2n) is 3.68. The quantitative estimate of drug-likeness (QED) is 0.287. The van der Waals surface area contributed by atoms with Crippen LogP contribution in [0, 0.1) is 0 Å². The molecule has 2 amide bonds. The summed E-state index contributed by atoms with van der Waals surface area (Å²) in [4.78, 5) is 14.4. The Morgan fingerprint density at radius 2 is 2.00 bits per heavy atom. The first-order chi connectivity index (χ1) is 7.18. The smallest absolute Gasteiger partial charge is 0.312 e. The Bertz CT molecular complexity index is 235. The van der Waals surface area contributed by atoms with Crippen LogP contribution in [0.3, 0.4) is 0 Å². The Kier molecular flexibility index (Phi) is 4.73. The molecule has 0 heterocycles. The third-order valence-corrected chi connectivity index (χ3v) is 2.40. The Balaban J connectivity index is 2.12. The number of aliphatic imine (C=N–C) groups is 1. The molecule has 0 saturated heterocycles. The summed E-state index contributed by atoms with van der Waals surface area (Å²) in [7, 11) is 0. The molecule has 1 aliphatic carbocycles. The van der Waals surface area contributed by atoms with Crippen LogP contribution in [0.1, 0.15) is 25.7 Å². The lowest BCUT2D eigenvalue weighted by Crippen LogP contribution is -2.39. The zero-order valence-corrected chi connectivity index (χ0v) is 8.83. The van der Waals surface area contributed by atoms with E-state index in [1.165, 1.54) is 12.8 Å². The molecule has 0 bridgehead atoms.